The Hall–Kier alpha value is -3.00. The van der Waals surface area contributed by atoms with Crippen LogP contribution in [0.2, 0.25) is 0 Å². The standard InChI is InChI=1S/C28H38N4O4/c1-17(26(34)31-15-19-5-7-20(36-4)8-6-19)21-9-11-28(3)12-10-22(18(2)24(28)25(21)33)32-27(35)23-16-29-13-14-30-23/h5-8,13-14,16-18,21-22,24-25,33H,9-12,15H2,1-4H3,(H,31,34)(H,32,35)/t17-,18+,21+,22-,24+,25-,28-/m0/s1. The molecule has 0 spiro atoms. The van der Waals surface area contributed by atoms with Crippen molar-refractivity contribution >= 4 is 11.8 Å². The highest BCUT2D eigenvalue weighted by molar-refractivity contribution is 5.92. The molecule has 2 amide bonds. The number of nitrogens with one attached hydrogen (secondary N) is 2. The Morgan fingerprint density at radius 1 is 1.19 bits per heavy atom. The topological polar surface area (TPSA) is 113 Å². The van der Waals surface area contributed by atoms with Gasteiger partial charge in [-0.3, -0.25) is 14.6 Å². The van der Waals surface area contributed by atoms with Crippen LogP contribution < -0.4 is 15.4 Å². The fourth-order valence-electron chi connectivity index (χ4n) is 6.44. The van der Waals surface area contributed by atoms with Crippen molar-refractivity contribution in [2.24, 2.45) is 29.1 Å². The Balaban J connectivity index is 1.40. The van der Waals surface area contributed by atoms with E-state index in [2.05, 4.69) is 34.4 Å². The number of amides is 2. The molecule has 2 aliphatic rings. The maximum absolute atomic E-state index is 13.1. The van der Waals surface area contributed by atoms with Crippen LogP contribution in [0, 0.1) is 29.1 Å². The third-order valence-corrected chi connectivity index (χ3v) is 8.68. The molecule has 0 aliphatic heterocycles. The molecule has 0 saturated heterocycles. The summed E-state index contributed by atoms with van der Waals surface area (Å²) in [6.45, 7) is 6.72. The van der Waals surface area contributed by atoms with Gasteiger partial charge in [-0.05, 0) is 66.5 Å². The fourth-order valence-corrected chi connectivity index (χ4v) is 6.44. The predicted molar refractivity (Wildman–Crippen MR) is 136 cm³/mol. The highest BCUT2D eigenvalue weighted by Gasteiger charge is 2.53. The third-order valence-electron chi connectivity index (χ3n) is 8.68. The molecular formula is C28H38N4O4. The van der Waals surface area contributed by atoms with Gasteiger partial charge in [-0.2, -0.15) is 0 Å². The normalized spacial score (nSPS) is 30.5. The van der Waals surface area contributed by atoms with Crippen LogP contribution in [0.25, 0.3) is 0 Å². The number of aromatic nitrogens is 2. The maximum atomic E-state index is 13.1. The molecule has 1 aromatic carbocycles. The van der Waals surface area contributed by atoms with Crippen LogP contribution in [0.15, 0.2) is 42.9 Å². The summed E-state index contributed by atoms with van der Waals surface area (Å²) in [4.78, 5) is 33.9. The zero-order chi connectivity index (χ0) is 25.9. The van der Waals surface area contributed by atoms with E-state index >= 15 is 0 Å². The van der Waals surface area contributed by atoms with E-state index in [0.717, 1.165) is 37.0 Å². The lowest BCUT2D eigenvalue weighted by molar-refractivity contribution is -0.142. The first-order chi connectivity index (χ1) is 17.2. The first kappa shape index (κ1) is 26.1. The van der Waals surface area contributed by atoms with Gasteiger partial charge in [-0.15, -0.1) is 0 Å². The van der Waals surface area contributed by atoms with E-state index in [9.17, 15) is 14.7 Å². The maximum Gasteiger partial charge on any atom is 0.271 e. The number of carbonyl (C=O) groups excluding carboxylic acids is 2. The zero-order valence-electron chi connectivity index (χ0n) is 21.6. The largest absolute Gasteiger partial charge is 0.497 e. The van der Waals surface area contributed by atoms with E-state index in [1.54, 1.807) is 7.11 Å². The SMILES string of the molecule is COc1ccc(CNC(=O)[C@@H](C)[C@H]2CC[C@@]3(C)CC[C@H](NC(=O)c4cnccn4)[C@@H](C)[C@@H]3[C@H]2O)cc1. The summed E-state index contributed by atoms with van der Waals surface area (Å²) in [6.07, 6.45) is 7.46. The molecule has 0 radical (unpaired) electrons. The van der Waals surface area contributed by atoms with Gasteiger partial charge in [0.25, 0.3) is 5.91 Å². The average molecular weight is 495 g/mol. The molecule has 2 aliphatic carbocycles. The number of ether oxygens (including phenoxy) is 1. The van der Waals surface area contributed by atoms with Crippen molar-refractivity contribution in [3.8, 4) is 5.75 Å². The van der Waals surface area contributed by atoms with Crippen LogP contribution in [0.4, 0.5) is 0 Å². The molecule has 4 rings (SSSR count). The van der Waals surface area contributed by atoms with Gasteiger partial charge < -0.3 is 20.5 Å². The molecule has 1 aromatic heterocycles. The molecule has 3 N–H and O–H groups in total. The molecule has 7 atom stereocenters. The molecule has 8 heteroatoms. The van der Waals surface area contributed by atoms with Crippen molar-refractivity contribution in [3.05, 3.63) is 54.1 Å². The minimum Gasteiger partial charge on any atom is -0.497 e. The van der Waals surface area contributed by atoms with Crippen LogP contribution in [0.5, 0.6) is 5.75 Å². The lowest BCUT2D eigenvalue weighted by atomic mass is 9.51. The lowest BCUT2D eigenvalue weighted by Crippen LogP contribution is -2.58. The van der Waals surface area contributed by atoms with Crippen LogP contribution in [0.1, 0.15) is 62.5 Å². The number of hydrogen-bond acceptors (Lipinski definition) is 6. The molecular weight excluding hydrogens is 456 g/mol. The van der Waals surface area contributed by atoms with Crippen molar-refractivity contribution in [3.63, 3.8) is 0 Å². The van der Waals surface area contributed by atoms with Gasteiger partial charge in [0.2, 0.25) is 5.91 Å². The van der Waals surface area contributed by atoms with Crippen molar-refractivity contribution in [2.45, 2.75) is 65.1 Å². The molecule has 1 heterocycles. The van der Waals surface area contributed by atoms with Gasteiger partial charge in [0.1, 0.15) is 11.4 Å². The number of methoxy groups -OCH3 is 1. The van der Waals surface area contributed by atoms with Gasteiger partial charge in [0.15, 0.2) is 0 Å². The molecule has 0 unspecified atom stereocenters. The second-order valence-corrected chi connectivity index (χ2v) is 10.8. The highest BCUT2D eigenvalue weighted by atomic mass is 16.5. The number of benzene rings is 1. The average Bonchev–Trinajstić information content (AvgIpc) is 2.89. The van der Waals surface area contributed by atoms with Crippen LogP contribution in [-0.4, -0.2) is 46.1 Å². The number of carbonyl (C=O) groups is 2. The minimum absolute atomic E-state index is 0.00556. The summed E-state index contributed by atoms with van der Waals surface area (Å²) in [6, 6.07) is 7.56. The van der Waals surface area contributed by atoms with Gasteiger partial charge in [0.05, 0.1) is 19.4 Å². The van der Waals surface area contributed by atoms with Crippen molar-refractivity contribution in [1.82, 2.24) is 20.6 Å². The van der Waals surface area contributed by atoms with Crippen LogP contribution >= 0.6 is 0 Å². The molecule has 2 aromatic rings. The molecule has 36 heavy (non-hydrogen) atoms. The number of aliphatic hydroxyl groups is 1. The quantitative estimate of drug-likeness (QED) is 0.544. The van der Waals surface area contributed by atoms with E-state index in [1.165, 1.54) is 18.6 Å². The highest BCUT2D eigenvalue weighted by Crippen LogP contribution is 2.55. The Bertz CT molecular complexity index is 1050. The smallest absolute Gasteiger partial charge is 0.271 e. The van der Waals surface area contributed by atoms with E-state index in [4.69, 9.17) is 4.74 Å². The Morgan fingerprint density at radius 2 is 1.92 bits per heavy atom. The lowest BCUT2D eigenvalue weighted by Gasteiger charge is -2.56. The molecule has 2 fully saturated rings. The summed E-state index contributed by atoms with van der Waals surface area (Å²) in [5.74, 6) is 0.108. The van der Waals surface area contributed by atoms with Crippen molar-refractivity contribution in [1.29, 1.82) is 0 Å². The van der Waals surface area contributed by atoms with E-state index in [1.807, 2.05) is 31.2 Å². The van der Waals surface area contributed by atoms with Crippen LogP contribution in [-0.2, 0) is 11.3 Å². The number of hydrogen-bond donors (Lipinski definition) is 3. The Kier molecular flexibility index (Phi) is 7.93. The Morgan fingerprint density at radius 3 is 2.58 bits per heavy atom. The summed E-state index contributed by atoms with van der Waals surface area (Å²) in [7, 11) is 1.63. The molecule has 194 valence electrons. The first-order valence-corrected chi connectivity index (χ1v) is 12.9. The van der Waals surface area contributed by atoms with Gasteiger partial charge >= 0.3 is 0 Å². The minimum atomic E-state index is -0.614. The summed E-state index contributed by atoms with van der Waals surface area (Å²) in [5.41, 5.74) is 1.28. The summed E-state index contributed by atoms with van der Waals surface area (Å²) < 4.78 is 5.19. The fraction of sp³-hybridized carbons (Fsp3) is 0.571. The monoisotopic (exact) mass is 494 g/mol. The molecule has 8 nitrogen and oxygen atoms in total. The summed E-state index contributed by atoms with van der Waals surface area (Å²) in [5, 5.41) is 17.8. The Labute approximate surface area is 213 Å². The van der Waals surface area contributed by atoms with Crippen LogP contribution in [0.3, 0.4) is 0 Å². The number of nitrogens with zero attached hydrogens (tertiary/aromatic N) is 2. The van der Waals surface area contributed by atoms with E-state index in [0.29, 0.717) is 12.2 Å². The summed E-state index contributed by atoms with van der Waals surface area (Å²) >= 11 is 0. The third kappa shape index (κ3) is 5.38. The number of fused-ring (bicyclic) bond motifs is 1. The molecule has 2 saturated carbocycles. The second-order valence-electron chi connectivity index (χ2n) is 10.8. The molecule has 0 bridgehead atoms. The van der Waals surface area contributed by atoms with Crippen molar-refractivity contribution in [2.75, 3.05) is 7.11 Å². The van der Waals surface area contributed by atoms with E-state index < -0.39 is 6.10 Å². The predicted octanol–water partition coefficient (Wildman–Crippen LogP) is 3.36. The van der Waals surface area contributed by atoms with E-state index in [-0.39, 0.29) is 46.9 Å². The number of aliphatic hydroxyl groups excluding tert-OH is 1. The van der Waals surface area contributed by atoms with Crippen molar-refractivity contribution < 1.29 is 19.4 Å². The van der Waals surface area contributed by atoms with Gasteiger partial charge in [-0.1, -0.05) is 32.9 Å². The van der Waals surface area contributed by atoms with Gasteiger partial charge in [0, 0.05) is 30.9 Å². The first-order valence-electron chi connectivity index (χ1n) is 12.9. The number of rotatable bonds is 7. The second kappa shape index (κ2) is 10.9. The van der Waals surface area contributed by atoms with Gasteiger partial charge in [-0.25, -0.2) is 4.98 Å². The zero-order valence-corrected chi connectivity index (χ0v) is 21.6.